The summed E-state index contributed by atoms with van der Waals surface area (Å²) in [6, 6.07) is 7.15. The fourth-order valence-electron chi connectivity index (χ4n) is 3.76. The van der Waals surface area contributed by atoms with E-state index in [9.17, 15) is 95.9 Å². The minimum absolute atomic E-state index is 0.0829. The van der Waals surface area contributed by atoms with Crippen LogP contribution in [0.15, 0.2) is 48.5 Å². The fraction of sp³-hybridized carbons (Fsp3) is 0.500. The van der Waals surface area contributed by atoms with Crippen LogP contribution in [-0.2, 0) is 24.4 Å². The topological polar surface area (TPSA) is 86.7 Å². The summed E-state index contributed by atoms with van der Waals surface area (Å²) in [6.45, 7) is -0.807. The van der Waals surface area contributed by atoms with E-state index in [0.29, 0.717) is 12.1 Å². The van der Waals surface area contributed by atoms with Crippen LogP contribution in [-0.4, -0.2) is 70.0 Å². The molecular weight excluding hydrogens is 790 g/mol. The van der Waals surface area contributed by atoms with Crippen LogP contribution in [0, 0.1) is 6.92 Å². The SMILES string of the molecule is Cc1ccc(OS(=O)(=O)C(F)(F)C(F)(F)C(F)(F)C(F)(F)F)c(C(CCOS(=O)(=O)C(F)(F)C(F)(F)C(F)(F)C(F)(F)F)c2ccccc2)c1. The maximum atomic E-state index is 14.3. The van der Waals surface area contributed by atoms with Crippen LogP contribution in [0.1, 0.15) is 29.0 Å². The average Bonchev–Trinajstić information content (AvgIpc) is 2.95. The molecule has 6 nitrogen and oxygen atoms in total. The molecule has 2 aromatic carbocycles. The first-order valence-corrected chi connectivity index (χ1v) is 15.3. The first-order chi connectivity index (χ1) is 22.1. The van der Waals surface area contributed by atoms with Crippen LogP contribution in [0.2, 0.25) is 0 Å². The number of hydrogen-bond donors (Lipinski definition) is 0. The molecular formula is C24H16F18O6S2. The van der Waals surface area contributed by atoms with Gasteiger partial charge in [-0.2, -0.15) is 95.9 Å². The Morgan fingerprint density at radius 2 is 1.00 bits per heavy atom. The third kappa shape index (κ3) is 7.14. The summed E-state index contributed by atoms with van der Waals surface area (Å²) in [5.74, 6) is -34.4. The highest BCUT2D eigenvalue weighted by Gasteiger charge is 2.87. The van der Waals surface area contributed by atoms with Crippen molar-refractivity contribution in [2.24, 2.45) is 0 Å². The normalized spacial score (nSPS) is 15.6. The van der Waals surface area contributed by atoms with E-state index in [1.807, 2.05) is 0 Å². The number of rotatable bonds is 14. The minimum atomic E-state index is -7.75. The zero-order chi connectivity index (χ0) is 39.4. The lowest BCUT2D eigenvalue weighted by atomic mass is 9.87. The lowest BCUT2D eigenvalue weighted by Crippen LogP contribution is -2.63. The number of halogens is 18. The van der Waals surface area contributed by atoms with Crippen molar-refractivity contribution in [3.05, 3.63) is 65.2 Å². The van der Waals surface area contributed by atoms with Gasteiger partial charge in [0, 0.05) is 11.5 Å². The van der Waals surface area contributed by atoms with Crippen molar-refractivity contribution < 1.29 is 104 Å². The molecule has 0 aliphatic heterocycles. The van der Waals surface area contributed by atoms with Gasteiger partial charge in [0.05, 0.1) is 6.61 Å². The summed E-state index contributed by atoms with van der Waals surface area (Å²) in [6.07, 6.45) is -16.2. The van der Waals surface area contributed by atoms with E-state index in [0.717, 1.165) is 37.3 Å². The second-order valence-electron chi connectivity index (χ2n) is 9.93. The Hall–Kier alpha value is -3.16. The first-order valence-electron chi connectivity index (χ1n) is 12.4. The van der Waals surface area contributed by atoms with Gasteiger partial charge < -0.3 is 4.18 Å². The predicted octanol–water partition coefficient (Wildman–Crippen LogP) is 8.42. The molecule has 0 fully saturated rings. The predicted molar refractivity (Wildman–Crippen MR) is 130 cm³/mol. The second-order valence-corrected chi connectivity index (χ2v) is 13.2. The van der Waals surface area contributed by atoms with Crippen molar-refractivity contribution in [1.29, 1.82) is 0 Å². The largest absolute Gasteiger partial charge is 0.460 e. The summed E-state index contributed by atoms with van der Waals surface area (Å²) in [5, 5.41) is -14.7. The zero-order valence-electron chi connectivity index (χ0n) is 23.7. The van der Waals surface area contributed by atoms with Gasteiger partial charge in [0.1, 0.15) is 5.75 Å². The van der Waals surface area contributed by atoms with E-state index in [-0.39, 0.29) is 11.1 Å². The van der Waals surface area contributed by atoms with Gasteiger partial charge in [-0.3, -0.25) is 4.18 Å². The van der Waals surface area contributed by atoms with Gasteiger partial charge in [-0.05, 0) is 25.0 Å². The van der Waals surface area contributed by atoms with Crippen molar-refractivity contribution >= 4 is 20.2 Å². The van der Waals surface area contributed by atoms with E-state index in [2.05, 4.69) is 8.37 Å². The summed E-state index contributed by atoms with van der Waals surface area (Å²) in [7, 11) is -15.1. The van der Waals surface area contributed by atoms with E-state index in [4.69, 9.17) is 0 Å². The molecule has 0 aromatic heterocycles. The Labute approximate surface area is 268 Å². The van der Waals surface area contributed by atoms with Crippen molar-refractivity contribution in [1.82, 2.24) is 0 Å². The summed E-state index contributed by atoms with van der Waals surface area (Å²) in [4.78, 5) is 0. The van der Waals surface area contributed by atoms with Gasteiger partial charge in [0.15, 0.2) is 0 Å². The Bertz CT molecular complexity index is 1740. The zero-order valence-corrected chi connectivity index (χ0v) is 25.3. The molecule has 0 heterocycles. The van der Waals surface area contributed by atoms with E-state index >= 15 is 0 Å². The standard InChI is InChI=1S/C24H16F18O6S2/c1-12-7-8-16(48-50(45,46)24(41,42)20(31,32)18(27,28)22(36,37)38)15(11-12)14(13-5-3-2-4-6-13)9-10-47-49(43,44)23(39,40)19(29,30)17(25,26)21(33,34)35/h2-8,11,14H,9-10H2,1H3. The van der Waals surface area contributed by atoms with Crippen LogP contribution in [0.3, 0.4) is 0 Å². The van der Waals surface area contributed by atoms with Gasteiger partial charge in [-0.15, -0.1) is 0 Å². The highest BCUT2D eigenvalue weighted by molar-refractivity contribution is 7.88. The molecule has 0 spiro atoms. The van der Waals surface area contributed by atoms with E-state index in [1.54, 1.807) is 0 Å². The molecule has 1 unspecified atom stereocenters. The maximum Gasteiger partial charge on any atom is 0.460 e. The third-order valence-corrected chi connectivity index (χ3v) is 9.09. The summed E-state index contributed by atoms with van der Waals surface area (Å²) < 4.78 is 295. The average molecular weight is 806 g/mol. The highest BCUT2D eigenvalue weighted by atomic mass is 32.2. The Balaban J connectivity index is 2.61. The van der Waals surface area contributed by atoms with Crippen molar-refractivity contribution in [3.63, 3.8) is 0 Å². The molecule has 0 saturated carbocycles. The van der Waals surface area contributed by atoms with Crippen molar-refractivity contribution in [2.45, 2.75) is 65.8 Å². The minimum Gasteiger partial charge on any atom is -0.378 e. The molecule has 1 atom stereocenters. The van der Waals surface area contributed by atoms with Crippen LogP contribution in [0.4, 0.5) is 79.0 Å². The summed E-state index contributed by atoms with van der Waals surface area (Å²) >= 11 is 0. The molecule has 50 heavy (non-hydrogen) atoms. The van der Waals surface area contributed by atoms with E-state index in [1.165, 1.54) is 6.07 Å². The van der Waals surface area contributed by atoms with Gasteiger partial charge >= 0.3 is 66.8 Å². The number of aryl methyl sites for hydroxylation is 1. The molecule has 0 amide bonds. The van der Waals surface area contributed by atoms with Gasteiger partial charge in [0.2, 0.25) is 0 Å². The third-order valence-electron chi connectivity index (χ3n) is 6.45. The molecule has 2 rings (SSSR count). The molecule has 0 bridgehead atoms. The Morgan fingerprint density at radius 1 is 0.580 bits per heavy atom. The van der Waals surface area contributed by atoms with Crippen LogP contribution in [0.25, 0.3) is 0 Å². The molecule has 2 aromatic rings. The monoisotopic (exact) mass is 806 g/mol. The second kappa shape index (κ2) is 13.1. The van der Waals surface area contributed by atoms with Crippen LogP contribution >= 0.6 is 0 Å². The molecule has 0 N–H and O–H groups in total. The lowest BCUT2D eigenvalue weighted by Gasteiger charge is -2.33. The molecule has 0 aliphatic carbocycles. The van der Waals surface area contributed by atoms with Crippen LogP contribution < -0.4 is 4.18 Å². The highest BCUT2D eigenvalue weighted by Crippen LogP contribution is 2.56. The van der Waals surface area contributed by atoms with Crippen LogP contribution in [0.5, 0.6) is 5.75 Å². The fourth-order valence-corrected chi connectivity index (χ4v) is 5.60. The van der Waals surface area contributed by atoms with Gasteiger partial charge in [0.25, 0.3) is 0 Å². The first kappa shape index (κ1) is 43.0. The molecule has 26 heteroatoms. The maximum absolute atomic E-state index is 14.3. The summed E-state index contributed by atoms with van der Waals surface area (Å²) in [5.41, 5.74) is -1.31. The van der Waals surface area contributed by atoms with Crippen molar-refractivity contribution in [3.8, 4) is 5.75 Å². The van der Waals surface area contributed by atoms with Crippen molar-refractivity contribution in [2.75, 3.05) is 6.61 Å². The van der Waals surface area contributed by atoms with E-state index < -0.39 is 97.0 Å². The number of alkyl halides is 18. The van der Waals surface area contributed by atoms with Gasteiger partial charge in [-0.1, -0.05) is 48.0 Å². The number of benzene rings is 2. The molecule has 0 saturated heterocycles. The molecule has 0 aliphatic rings. The molecule has 286 valence electrons. The quantitative estimate of drug-likeness (QED) is 0.141. The lowest BCUT2D eigenvalue weighted by molar-refractivity contribution is -0.382. The number of hydrogen-bond acceptors (Lipinski definition) is 6. The smallest absolute Gasteiger partial charge is 0.378 e. The van der Waals surface area contributed by atoms with Gasteiger partial charge in [-0.25, -0.2) is 0 Å². The Morgan fingerprint density at radius 3 is 1.42 bits per heavy atom. The molecule has 0 radical (unpaired) electrons. The Kier molecular flexibility index (Phi) is 11.3.